The van der Waals surface area contributed by atoms with Crippen molar-refractivity contribution in [3.05, 3.63) is 60.8 Å². The average Bonchev–Trinajstić information content (AvgIpc) is 3.21. The second-order valence-corrected chi connectivity index (χ2v) is 16.1. The lowest BCUT2D eigenvalue weighted by molar-refractivity contribution is -0.143. The summed E-state index contributed by atoms with van der Waals surface area (Å²) in [5, 5.41) is 22.9. The Morgan fingerprint density at radius 3 is 1.47 bits per heavy atom. The van der Waals surface area contributed by atoms with Crippen molar-refractivity contribution in [1.82, 2.24) is 5.32 Å². The predicted molar refractivity (Wildman–Crippen MR) is 245 cm³/mol. The Morgan fingerprint density at radius 2 is 0.930 bits per heavy atom. The fraction of sp³-hybridized carbons (Fsp3) is 0.765. The molecule has 0 saturated carbocycles. The molecule has 0 bridgehead atoms. The van der Waals surface area contributed by atoms with Gasteiger partial charge in [0.15, 0.2) is 0 Å². The molecule has 0 aromatic heterocycles. The summed E-state index contributed by atoms with van der Waals surface area (Å²) >= 11 is 0. The van der Waals surface area contributed by atoms with Crippen LogP contribution in [0, 0.1) is 0 Å². The summed E-state index contributed by atoms with van der Waals surface area (Å²) in [6.45, 7) is 4.77. The molecule has 0 saturated heterocycles. The molecule has 2 atom stereocenters. The van der Waals surface area contributed by atoms with E-state index in [1.807, 2.05) is 6.08 Å². The summed E-state index contributed by atoms with van der Waals surface area (Å²) in [6, 6.07) is -0.644. The van der Waals surface area contributed by atoms with E-state index < -0.39 is 12.1 Å². The Morgan fingerprint density at radius 1 is 0.509 bits per heavy atom. The van der Waals surface area contributed by atoms with Crippen LogP contribution in [-0.2, 0) is 14.3 Å². The molecular weight excluding hydrogens is 707 g/mol. The smallest absolute Gasteiger partial charge is 0.305 e. The van der Waals surface area contributed by atoms with Gasteiger partial charge in [-0.05, 0) is 96.3 Å². The molecule has 0 aliphatic carbocycles. The van der Waals surface area contributed by atoms with Crippen molar-refractivity contribution in [2.75, 3.05) is 13.2 Å². The van der Waals surface area contributed by atoms with Crippen LogP contribution in [0.5, 0.6) is 0 Å². The second-order valence-electron chi connectivity index (χ2n) is 16.1. The molecule has 330 valence electrons. The highest BCUT2D eigenvalue weighted by Gasteiger charge is 2.18. The molecule has 2 unspecified atom stereocenters. The van der Waals surface area contributed by atoms with Gasteiger partial charge in [-0.1, -0.05) is 177 Å². The number of carbonyl (C=O) groups is 2. The fourth-order valence-corrected chi connectivity index (χ4v) is 6.77. The molecule has 0 aromatic rings. The van der Waals surface area contributed by atoms with Gasteiger partial charge in [0.25, 0.3) is 0 Å². The molecular formula is C51H91NO5. The topological polar surface area (TPSA) is 95.9 Å². The zero-order chi connectivity index (χ0) is 41.5. The zero-order valence-electron chi connectivity index (χ0n) is 37.3. The molecule has 0 rings (SSSR count). The van der Waals surface area contributed by atoms with Crippen LogP contribution in [0.1, 0.15) is 226 Å². The Labute approximate surface area is 352 Å². The van der Waals surface area contributed by atoms with E-state index in [0.717, 1.165) is 89.9 Å². The quantitative estimate of drug-likeness (QED) is 0.0247. The van der Waals surface area contributed by atoms with Crippen molar-refractivity contribution in [2.24, 2.45) is 0 Å². The van der Waals surface area contributed by atoms with Gasteiger partial charge in [0, 0.05) is 12.8 Å². The van der Waals surface area contributed by atoms with Gasteiger partial charge < -0.3 is 20.3 Å². The highest BCUT2D eigenvalue weighted by molar-refractivity contribution is 5.76. The standard InChI is InChI=1S/C51H91NO5/c1-3-5-7-9-11-13-15-16-18-22-25-29-33-37-41-45-51(56)57-46-42-38-34-30-26-23-20-17-19-21-24-28-32-36-40-44-50(55)52-48(47-53)49(54)43-39-35-31-27-14-12-10-8-6-4-2/h11,13,16-18,20,23,26,39,43,48-49,53-54H,3-10,12,14-15,19,21-22,24-25,27-38,40-42,44-47H2,1-2H3,(H,52,55)/b13-11-,18-16-,20-17-,26-23-,43-39+. The first-order valence-corrected chi connectivity index (χ1v) is 24.1. The van der Waals surface area contributed by atoms with Gasteiger partial charge in [-0.25, -0.2) is 0 Å². The summed E-state index contributed by atoms with van der Waals surface area (Å²) in [6.07, 6.45) is 57.8. The summed E-state index contributed by atoms with van der Waals surface area (Å²) in [4.78, 5) is 24.4. The van der Waals surface area contributed by atoms with Gasteiger partial charge in [-0.2, -0.15) is 0 Å². The summed E-state index contributed by atoms with van der Waals surface area (Å²) < 4.78 is 5.42. The lowest BCUT2D eigenvalue weighted by atomic mass is 10.1. The number of amides is 1. The van der Waals surface area contributed by atoms with E-state index in [2.05, 4.69) is 67.8 Å². The lowest BCUT2D eigenvalue weighted by Gasteiger charge is -2.20. The van der Waals surface area contributed by atoms with E-state index >= 15 is 0 Å². The number of carbonyl (C=O) groups excluding carboxylic acids is 2. The van der Waals surface area contributed by atoms with Crippen LogP contribution < -0.4 is 5.32 Å². The van der Waals surface area contributed by atoms with Crippen molar-refractivity contribution in [3.8, 4) is 0 Å². The molecule has 0 aliphatic heterocycles. The molecule has 6 nitrogen and oxygen atoms in total. The Bertz CT molecular complexity index is 1020. The van der Waals surface area contributed by atoms with Crippen molar-refractivity contribution < 1.29 is 24.5 Å². The SMILES string of the molecule is CCCCC/C=C\C/C=C\CCCCCCCC(=O)OCCCCC/C=C\C=C/CCCCCCCCC(=O)NC(CO)C(O)/C=C/CCCCCCCCCC. The Kier molecular flexibility index (Phi) is 44.3. The Hall–Kier alpha value is -2.44. The molecule has 3 N–H and O–H groups in total. The van der Waals surface area contributed by atoms with Gasteiger partial charge >= 0.3 is 5.97 Å². The van der Waals surface area contributed by atoms with Gasteiger partial charge in [0.05, 0.1) is 25.4 Å². The predicted octanol–water partition coefficient (Wildman–Crippen LogP) is 14.1. The first kappa shape index (κ1) is 54.6. The maximum absolute atomic E-state index is 12.4. The number of rotatable bonds is 43. The zero-order valence-corrected chi connectivity index (χ0v) is 37.3. The number of allylic oxidation sites excluding steroid dienone is 9. The third-order valence-corrected chi connectivity index (χ3v) is 10.5. The summed E-state index contributed by atoms with van der Waals surface area (Å²) in [7, 11) is 0. The maximum Gasteiger partial charge on any atom is 0.305 e. The molecule has 0 heterocycles. The number of unbranched alkanes of at least 4 members (excludes halogenated alkanes) is 25. The van der Waals surface area contributed by atoms with Gasteiger partial charge in [-0.3, -0.25) is 9.59 Å². The lowest BCUT2D eigenvalue weighted by Crippen LogP contribution is -2.45. The number of nitrogens with one attached hydrogen (secondary N) is 1. The number of hydrogen-bond acceptors (Lipinski definition) is 5. The van der Waals surface area contributed by atoms with Crippen LogP contribution in [0.15, 0.2) is 60.8 Å². The molecule has 0 aromatic carbocycles. The van der Waals surface area contributed by atoms with Crippen molar-refractivity contribution in [3.63, 3.8) is 0 Å². The molecule has 0 aliphatic rings. The van der Waals surface area contributed by atoms with E-state index in [1.54, 1.807) is 6.08 Å². The van der Waals surface area contributed by atoms with Crippen molar-refractivity contribution >= 4 is 11.9 Å². The van der Waals surface area contributed by atoms with E-state index in [9.17, 15) is 19.8 Å². The second kappa shape index (κ2) is 46.3. The van der Waals surface area contributed by atoms with E-state index in [0.29, 0.717) is 19.4 Å². The molecule has 0 spiro atoms. The van der Waals surface area contributed by atoms with Crippen molar-refractivity contribution in [1.29, 1.82) is 0 Å². The van der Waals surface area contributed by atoms with Crippen LogP contribution in [0.25, 0.3) is 0 Å². The number of esters is 1. The molecule has 0 fully saturated rings. The third-order valence-electron chi connectivity index (χ3n) is 10.5. The van der Waals surface area contributed by atoms with E-state index in [-0.39, 0.29) is 18.5 Å². The van der Waals surface area contributed by atoms with Gasteiger partial charge in [0.2, 0.25) is 5.91 Å². The van der Waals surface area contributed by atoms with Gasteiger partial charge in [0.1, 0.15) is 0 Å². The minimum atomic E-state index is -0.858. The molecule has 0 radical (unpaired) electrons. The van der Waals surface area contributed by atoms with Crippen LogP contribution in [-0.4, -0.2) is 47.4 Å². The average molecular weight is 798 g/mol. The third kappa shape index (κ3) is 43.0. The van der Waals surface area contributed by atoms with E-state index in [1.165, 1.54) is 109 Å². The van der Waals surface area contributed by atoms with Gasteiger partial charge in [-0.15, -0.1) is 0 Å². The highest BCUT2D eigenvalue weighted by Crippen LogP contribution is 2.13. The van der Waals surface area contributed by atoms with Crippen LogP contribution >= 0.6 is 0 Å². The highest BCUT2D eigenvalue weighted by atomic mass is 16.5. The number of aliphatic hydroxyl groups excluding tert-OH is 2. The first-order chi connectivity index (χ1) is 28.0. The molecule has 6 heteroatoms. The first-order valence-electron chi connectivity index (χ1n) is 24.1. The minimum Gasteiger partial charge on any atom is -0.466 e. The largest absolute Gasteiger partial charge is 0.466 e. The molecule has 1 amide bonds. The summed E-state index contributed by atoms with van der Waals surface area (Å²) in [5.41, 5.74) is 0. The fourth-order valence-electron chi connectivity index (χ4n) is 6.77. The maximum atomic E-state index is 12.4. The number of ether oxygens (including phenoxy) is 1. The monoisotopic (exact) mass is 798 g/mol. The summed E-state index contributed by atoms with van der Waals surface area (Å²) in [5.74, 6) is -0.134. The normalized spacial score (nSPS) is 13.3. The van der Waals surface area contributed by atoms with E-state index in [4.69, 9.17) is 4.74 Å². The van der Waals surface area contributed by atoms with Crippen LogP contribution in [0.4, 0.5) is 0 Å². The minimum absolute atomic E-state index is 0.0386. The molecule has 57 heavy (non-hydrogen) atoms. The van der Waals surface area contributed by atoms with Crippen LogP contribution in [0.2, 0.25) is 0 Å². The Balaban J connectivity index is 3.57. The number of hydrogen-bond donors (Lipinski definition) is 3. The van der Waals surface area contributed by atoms with Crippen molar-refractivity contribution in [2.45, 2.75) is 238 Å². The van der Waals surface area contributed by atoms with Crippen LogP contribution in [0.3, 0.4) is 0 Å². The number of aliphatic hydroxyl groups is 2.